The van der Waals surface area contributed by atoms with Gasteiger partial charge >= 0.3 is 18.0 Å². The topological polar surface area (TPSA) is 273 Å². The molecule has 3 amide bonds. The van der Waals surface area contributed by atoms with Crippen LogP contribution in [-0.2, 0) is 53.3 Å². The molecule has 8 aliphatic rings. The first-order valence-electron chi connectivity index (χ1n) is 42.6. The number of carbonyl (C=O) groups excluding carboxylic acids is 3. The van der Waals surface area contributed by atoms with Gasteiger partial charge in [-0.25, -0.2) is 0 Å². The number of phenols is 3. The SMILES string of the molecule is C=CC(=O)N1CCN(c2nc(OCC(O)CC)nc3c2CCN(c2cc(O)cc4ccccc24)C3)CC1.C=CC(=O)N1CCN(c2nc(OC[C@@H]3CCCN3C(C)C)nc3c2CCN(c2cc(O)cc4ccccc24)C3)CC1.C=CC(=O)N1CCN(c2nc(OC[C@@H]3CCCN3CCC)nc3c2CCN(c2cc(O)cc4ccccc24)C3)CC1. The second kappa shape index (κ2) is 37.6. The second-order valence-corrected chi connectivity index (χ2v) is 32.3. The first-order valence-corrected chi connectivity index (χ1v) is 42.6. The number of rotatable bonds is 22. The fraction of sp³-hybridized carbons (Fsp3) is 0.446. The van der Waals surface area contributed by atoms with Crippen molar-refractivity contribution >= 4 is 84.6 Å². The Morgan fingerprint density at radius 1 is 0.445 bits per heavy atom. The highest BCUT2D eigenvalue weighted by atomic mass is 16.5. The highest BCUT2D eigenvalue weighted by molar-refractivity contribution is 5.98. The molecule has 0 aliphatic carbocycles. The van der Waals surface area contributed by atoms with Crippen LogP contribution in [0.25, 0.3) is 32.3 Å². The molecule has 0 radical (unpaired) electrons. The Labute approximate surface area is 697 Å². The Morgan fingerprint density at radius 3 is 1.16 bits per heavy atom. The number of carbonyl (C=O) groups is 3. The van der Waals surface area contributed by atoms with Crippen LogP contribution in [0.3, 0.4) is 0 Å². The fourth-order valence-corrected chi connectivity index (χ4v) is 18.2. The number of ether oxygens (including phenoxy) is 3. The molecule has 1 unspecified atom stereocenters. The zero-order valence-corrected chi connectivity index (χ0v) is 69.2. The van der Waals surface area contributed by atoms with Crippen LogP contribution in [0.5, 0.6) is 35.3 Å². The lowest BCUT2D eigenvalue weighted by atomic mass is 10.0. The highest BCUT2D eigenvalue weighted by Gasteiger charge is 2.36. The first-order chi connectivity index (χ1) is 57.9. The van der Waals surface area contributed by atoms with Gasteiger partial charge in [0.2, 0.25) is 17.7 Å². The van der Waals surface area contributed by atoms with E-state index in [0.717, 1.165) is 178 Å². The molecular formula is C92H113N17O10. The molecule has 27 heteroatoms. The minimum absolute atomic E-state index is 0.0273. The summed E-state index contributed by atoms with van der Waals surface area (Å²) in [5.74, 6) is 3.31. The van der Waals surface area contributed by atoms with Crippen molar-refractivity contribution in [2.24, 2.45) is 0 Å². The molecule has 5 saturated heterocycles. The smallest absolute Gasteiger partial charge is 0.318 e. The van der Waals surface area contributed by atoms with Crippen LogP contribution < -0.4 is 43.6 Å². The Hall–Kier alpha value is -11.6. The number of benzene rings is 6. The number of anilines is 6. The zero-order chi connectivity index (χ0) is 82.8. The van der Waals surface area contributed by atoms with E-state index in [1.165, 1.54) is 31.1 Å². The third-order valence-corrected chi connectivity index (χ3v) is 24.5. The van der Waals surface area contributed by atoms with Crippen molar-refractivity contribution in [3.05, 3.63) is 181 Å². The molecule has 5 fully saturated rings. The van der Waals surface area contributed by atoms with E-state index >= 15 is 0 Å². The number of hydrogen-bond donors (Lipinski definition) is 4. The lowest BCUT2D eigenvalue weighted by Gasteiger charge is -2.38. The number of likely N-dealkylation sites (tertiary alicyclic amines) is 2. The summed E-state index contributed by atoms with van der Waals surface area (Å²) in [4.78, 5) is 89.9. The van der Waals surface area contributed by atoms with Gasteiger partial charge in [0.05, 0.1) is 42.8 Å². The number of aliphatic hydroxyl groups is 1. The van der Waals surface area contributed by atoms with Crippen LogP contribution in [0.1, 0.15) is 100.0 Å². The summed E-state index contributed by atoms with van der Waals surface area (Å²) < 4.78 is 18.5. The van der Waals surface area contributed by atoms with E-state index in [9.17, 15) is 34.8 Å². The molecule has 3 aromatic heterocycles. The van der Waals surface area contributed by atoms with Gasteiger partial charge in [-0.05, 0) is 144 Å². The molecule has 9 aromatic rings. The van der Waals surface area contributed by atoms with E-state index in [1.807, 2.05) is 95.6 Å². The summed E-state index contributed by atoms with van der Waals surface area (Å²) in [6.07, 6.45) is 12.2. The zero-order valence-electron chi connectivity index (χ0n) is 69.2. The largest absolute Gasteiger partial charge is 0.508 e. The summed E-state index contributed by atoms with van der Waals surface area (Å²) >= 11 is 0. The molecule has 0 bridgehead atoms. The molecule has 0 saturated carbocycles. The summed E-state index contributed by atoms with van der Waals surface area (Å²) in [6, 6.07) is 37.6. The molecule has 119 heavy (non-hydrogen) atoms. The number of aliphatic hydroxyl groups excluding tert-OH is 1. The predicted molar refractivity (Wildman–Crippen MR) is 467 cm³/mol. The second-order valence-electron chi connectivity index (χ2n) is 32.3. The van der Waals surface area contributed by atoms with Crippen molar-refractivity contribution in [2.75, 3.05) is 167 Å². The van der Waals surface area contributed by atoms with Crippen LogP contribution in [0.4, 0.5) is 34.5 Å². The molecule has 3 atom stereocenters. The van der Waals surface area contributed by atoms with Crippen molar-refractivity contribution in [1.29, 1.82) is 0 Å². The lowest BCUT2D eigenvalue weighted by Crippen LogP contribution is -2.49. The van der Waals surface area contributed by atoms with Gasteiger partial charge in [0.1, 0.15) is 54.5 Å². The molecule has 6 aromatic carbocycles. The molecule has 27 nitrogen and oxygen atoms in total. The van der Waals surface area contributed by atoms with E-state index in [0.29, 0.717) is 148 Å². The number of phenolic OH excluding ortho intramolecular Hbond substituents is 3. The molecule has 8 aliphatic heterocycles. The molecular weight excluding hydrogens is 1500 g/mol. The van der Waals surface area contributed by atoms with Crippen molar-refractivity contribution in [1.82, 2.24) is 54.4 Å². The number of piperazine rings is 3. The lowest BCUT2D eigenvalue weighted by molar-refractivity contribution is -0.127. The predicted octanol–water partition coefficient (Wildman–Crippen LogP) is 10.9. The Balaban J connectivity index is 0.000000140. The van der Waals surface area contributed by atoms with Crippen molar-refractivity contribution in [3.8, 4) is 35.3 Å². The van der Waals surface area contributed by atoms with Crippen LogP contribution in [0, 0.1) is 0 Å². The van der Waals surface area contributed by atoms with Gasteiger partial charge in [0, 0.05) is 184 Å². The Bertz CT molecular complexity index is 5160. The monoisotopic (exact) mass is 1620 g/mol. The highest BCUT2D eigenvalue weighted by Crippen LogP contribution is 2.42. The third-order valence-electron chi connectivity index (χ3n) is 24.5. The first kappa shape index (κ1) is 82.5. The maximum Gasteiger partial charge on any atom is 0.318 e. The summed E-state index contributed by atoms with van der Waals surface area (Å²) in [5.41, 5.74) is 9.13. The van der Waals surface area contributed by atoms with E-state index in [2.05, 4.69) is 97.9 Å². The summed E-state index contributed by atoms with van der Waals surface area (Å²) in [6.45, 7) is 36.0. The van der Waals surface area contributed by atoms with Gasteiger partial charge in [0.25, 0.3) is 0 Å². The molecule has 626 valence electrons. The van der Waals surface area contributed by atoms with Crippen LogP contribution in [0.15, 0.2) is 147 Å². The van der Waals surface area contributed by atoms with Crippen molar-refractivity contribution in [2.45, 2.75) is 129 Å². The third kappa shape index (κ3) is 18.8. The van der Waals surface area contributed by atoms with E-state index in [-0.39, 0.29) is 47.6 Å². The van der Waals surface area contributed by atoms with E-state index in [4.69, 9.17) is 44.1 Å². The van der Waals surface area contributed by atoms with Gasteiger partial charge in [-0.15, -0.1) is 0 Å². The number of nitrogens with zero attached hydrogens (tertiary/aromatic N) is 17. The van der Waals surface area contributed by atoms with E-state index in [1.54, 1.807) is 17.0 Å². The standard InChI is InChI=1S/2C32H40N6O3.C28H33N5O4/c1-4-30(40)35-14-16-36(17-15-35)31-27-11-13-37(29-19-25(39)18-23-8-5-6-10-26(23)29)20-28(27)33-32(34-31)41-21-24-9-7-12-38(24)22(2)3;1-3-12-35-13-7-9-24(35)22-41-32-33-28-21-38(29-20-25(39)19-23-8-5-6-10-26(23)29)14-11-27(28)31(34-32)37-17-15-36(16-18-37)30(40)4-2;1-3-20(34)18-37-28-29-24-17-33(25-16-21(35)15-19-7-5-6-8-22(19)25)10-9-23(24)27(30-28)32-13-11-31(12-14-32)26(36)4-2/h4-6,8,10,18-19,22,24,39H,1,7,9,11-17,20-21H2,2-3H3;4-6,8,10,19-20,24,39H,2-3,7,9,11-18,21-22H2,1H3;4-8,15-16,20,34-35H,2-3,9-14,17-18H2,1H3/t2*24-;/m00./s1. The summed E-state index contributed by atoms with van der Waals surface area (Å²) in [5, 5.41) is 47.7. The maximum absolute atomic E-state index is 12.2. The van der Waals surface area contributed by atoms with Gasteiger partial charge < -0.3 is 78.7 Å². The Morgan fingerprint density at radius 2 is 0.798 bits per heavy atom. The Kier molecular flexibility index (Phi) is 26.1. The molecule has 11 heterocycles. The molecule has 17 rings (SSSR count). The van der Waals surface area contributed by atoms with Gasteiger partial charge in [-0.1, -0.05) is 106 Å². The normalized spacial score (nSPS) is 18.6. The molecule has 4 N–H and O–H groups in total. The number of hydrogen-bond acceptors (Lipinski definition) is 24. The van der Waals surface area contributed by atoms with Crippen LogP contribution >= 0.6 is 0 Å². The minimum atomic E-state index is -0.591. The van der Waals surface area contributed by atoms with Crippen LogP contribution in [0.2, 0.25) is 0 Å². The number of aromatic hydroxyl groups is 3. The summed E-state index contributed by atoms with van der Waals surface area (Å²) in [7, 11) is 0. The average Bonchev–Trinajstić information content (AvgIpc) is 1.74. The van der Waals surface area contributed by atoms with Crippen molar-refractivity contribution in [3.63, 3.8) is 0 Å². The number of aromatic nitrogens is 6. The van der Waals surface area contributed by atoms with E-state index < -0.39 is 6.10 Å². The van der Waals surface area contributed by atoms with Gasteiger partial charge in [-0.3, -0.25) is 24.2 Å². The van der Waals surface area contributed by atoms with Gasteiger partial charge in [0.15, 0.2) is 0 Å². The average molecular weight is 1620 g/mol. The number of amides is 3. The quantitative estimate of drug-likeness (QED) is 0.0459. The van der Waals surface area contributed by atoms with Crippen molar-refractivity contribution < 1.29 is 49.0 Å². The fourth-order valence-electron chi connectivity index (χ4n) is 18.2. The minimum Gasteiger partial charge on any atom is -0.508 e. The number of fused-ring (bicyclic) bond motifs is 6. The molecule has 0 spiro atoms. The maximum atomic E-state index is 12.2. The van der Waals surface area contributed by atoms with Crippen LogP contribution in [-0.4, -0.2) is 254 Å². The van der Waals surface area contributed by atoms with Gasteiger partial charge in [-0.2, -0.15) is 29.9 Å².